The molecule has 0 aromatic carbocycles. The number of nitrogen functional groups attached to an aromatic ring is 1. The molecule has 0 saturated carbocycles. The molecule has 106 valence electrons. The summed E-state index contributed by atoms with van der Waals surface area (Å²) in [5, 5.41) is 6.66. The summed E-state index contributed by atoms with van der Waals surface area (Å²) >= 11 is 7.34. The van der Waals surface area contributed by atoms with E-state index in [0.717, 1.165) is 10.6 Å². The lowest BCUT2D eigenvalue weighted by Gasteiger charge is -2.08. The number of halogens is 1. The zero-order valence-electron chi connectivity index (χ0n) is 10.9. The van der Waals surface area contributed by atoms with E-state index in [-0.39, 0.29) is 12.1 Å². The third kappa shape index (κ3) is 2.96. The zero-order chi connectivity index (χ0) is 14.8. The summed E-state index contributed by atoms with van der Waals surface area (Å²) in [5.74, 6) is 0. The van der Waals surface area contributed by atoms with Crippen LogP contribution in [0.4, 0.5) is 5.69 Å². The van der Waals surface area contributed by atoms with Crippen molar-refractivity contribution in [2.24, 2.45) is 0 Å². The molecule has 3 heterocycles. The fourth-order valence-electron chi connectivity index (χ4n) is 1.88. The van der Waals surface area contributed by atoms with Crippen molar-refractivity contribution < 1.29 is 0 Å². The summed E-state index contributed by atoms with van der Waals surface area (Å²) in [6.45, 7) is 0.258. The van der Waals surface area contributed by atoms with Crippen molar-refractivity contribution in [2.45, 2.75) is 6.54 Å². The van der Waals surface area contributed by atoms with Crippen molar-refractivity contribution in [3.05, 3.63) is 63.0 Å². The highest BCUT2D eigenvalue weighted by atomic mass is 35.5. The highest BCUT2D eigenvalue weighted by molar-refractivity contribution is 7.13. The van der Waals surface area contributed by atoms with Gasteiger partial charge in [0.05, 0.1) is 11.4 Å². The second kappa shape index (κ2) is 5.67. The van der Waals surface area contributed by atoms with Gasteiger partial charge in [0.2, 0.25) is 0 Å². The summed E-state index contributed by atoms with van der Waals surface area (Å²) in [4.78, 5) is 16.9. The van der Waals surface area contributed by atoms with Gasteiger partial charge < -0.3 is 5.73 Å². The van der Waals surface area contributed by atoms with E-state index in [9.17, 15) is 4.79 Å². The Morgan fingerprint density at radius 3 is 2.90 bits per heavy atom. The summed E-state index contributed by atoms with van der Waals surface area (Å²) in [7, 11) is 0. The number of hydrogen-bond acceptors (Lipinski definition) is 5. The molecule has 2 N–H and O–H groups in total. The number of aromatic nitrogens is 3. The Morgan fingerprint density at radius 2 is 2.19 bits per heavy atom. The largest absolute Gasteiger partial charge is 0.398 e. The van der Waals surface area contributed by atoms with Crippen LogP contribution in [0.15, 0.2) is 46.7 Å². The Hall–Kier alpha value is -2.18. The van der Waals surface area contributed by atoms with Crippen molar-refractivity contribution in [3.63, 3.8) is 0 Å². The van der Waals surface area contributed by atoms with Crippen LogP contribution in [-0.2, 0) is 6.54 Å². The van der Waals surface area contributed by atoms with E-state index in [0.29, 0.717) is 16.4 Å². The topological polar surface area (TPSA) is 73.8 Å². The first-order valence-electron chi connectivity index (χ1n) is 6.15. The summed E-state index contributed by atoms with van der Waals surface area (Å²) in [5.41, 5.74) is 7.65. The highest BCUT2D eigenvalue weighted by Gasteiger charge is 2.07. The van der Waals surface area contributed by atoms with Crippen LogP contribution < -0.4 is 11.3 Å². The minimum absolute atomic E-state index is 0.190. The summed E-state index contributed by atoms with van der Waals surface area (Å²) in [6, 6.07) is 8.68. The van der Waals surface area contributed by atoms with Gasteiger partial charge in [-0.2, -0.15) is 5.10 Å². The number of pyridine rings is 1. The van der Waals surface area contributed by atoms with Gasteiger partial charge in [0.15, 0.2) is 0 Å². The molecule has 0 fully saturated rings. The third-order valence-electron chi connectivity index (χ3n) is 2.95. The van der Waals surface area contributed by atoms with Crippen LogP contribution in [0.1, 0.15) is 5.56 Å². The predicted molar refractivity (Wildman–Crippen MR) is 84.6 cm³/mol. The minimum Gasteiger partial charge on any atom is -0.398 e. The van der Waals surface area contributed by atoms with Crippen LogP contribution in [-0.4, -0.2) is 14.8 Å². The summed E-state index contributed by atoms with van der Waals surface area (Å²) < 4.78 is 1.37. The van der Waals surface area contributed by atoms with E-state index in [1.807, 2.05) is 17.5 Å². The van der Waals surface area contributed by atoms with E-state index in [1.165, 1.54) is 10.7 Å². The van der Waals surface area contributed by atoms with Gasteiger partial charge in [-0.05, 0) is 23.6 Å². The van der Waals surface area contributed by atoms with E-state index in [2.05, 4.69) is 10.1 Å². The quantitative estimate of drug-likeness (QED) is 0.753. The van der Waals surface area contributed by atoms with Gasteiger partial charge in [0, 0.05) is 23.5 Å². The lowest BCUT2D eigenvalue weighted by atomic mass is 10.2. The van der Waals surface area contributed by atoms with Gasteiger partial charge in [-0.1, -0.05) is 17.7 Å². The van der Waals surface area contributed by atoms with Crippen molar-refractivity contribution in [1.82, 2.24) is 14.8 Å². The number of rotatable bonds is 3. The Balaban J connectivity index is 1.98. The lowest BCUT2D eigenvalue weighted by Crippen LogP contribution is -2.23. The Bertz CT molecular complexity index is 829. The van der Waals surface area contributed by atoms with Gasteiger partial charge >= 0.3 is 0 Å². The molecule has 0 amide bonds. The van der Waals surface area contributed by atoms with Crippen molar-refractivity contribution in [3.8, 4) is 10.6 Å². The molecular weight excluding hydrogens is 308 g/mol. The molecule has 0 aliphatic carbocycles. The molecule has 0 atom stereocenters. The first-order chi connectivity index (χ1) is 10.1. The van der Waals surface area contributed by atoms with Crippen LogP contribution in [0.2, 0.25) is 5.15 Å². The summed E-state index contributed by atoms with van der Waals surface area (Å²) in [6.07, 6.45) is 1.56. The maximum atomic E-state index is 11.9. The average Bonchev–Trinajstić information content (AvgIpc) is 2.98. The molecular formula is C14H11ClN4OS. The van der Waals surface area contributed by atoms with Crippen molar-refractivity contribution in [1.29, 1.82) is 0 Å². The molecule has 3 aromatic heterocycles. The van der Waals surface area contributed by atoms with Crippen LogP contribution >= 0.6 is 22.9 Å². The molecule has 0 aliphatic heterocycles. The van der Waals surface area contributed by atoms with Crippen LogP contribution in [0.25, 0.3) is 10.6 Å². The number of thiophene rings is 1. The number of nitrogens with zero attached hydrogens (tertiary/aromatic N) is 3. The first-order valence-corrected chi connectivity index (χ1v) is 7.41. The molecule has 0 bridgehead atoms. The van der Waals surface area contributed by atoms with Crippen LogP contribution in [0.3, 0.4) is 0 Å². The maximum absolute atomic E-state index is 11.9. The smallest absolute Gasteiger partial charge is 0.267 e. The van der Waals surface area contributed by atoms with Gasteiger partial charge in [-0.15, -0.1) is 11.3 Å². The molecule has 0 unspecified atom stereocenters. The zero-order valence-corrected chi connectivity index (χ0v) is 12.4. The Labute approximate surface area is 129 Å². The van der Waals surface area contributed by atoms with Crippen LogP contribution in [0.5, 0.6) is 0 Å². The SMILES string of the molecule is Nc1cc(Cl)ncc1Cn1nc(-c2cccs2)ccc1=O. The molecule has 3 aromatic rings. The number of nitrogens with two attached hydrogens (primary N) is 1. The highest BCUT2D eigenvalue weighted by Crippen LogP contribution is 2.21. The van der Waals surface area contributed by atoms with Gasteiger partial charge in [-0.25, -0.2) is 9.67 Å². The molecule has 21 heavy (non-hydrogen) atoms. The second-order valence-corrected chi connectivity index (χ2v) is 5.73. The fourth-order valence-corrected chi connectivity index (χ4v) is 2.74. The van der Waals surface area contributed by atoms with Crippen LogP contribution in [0, 0.1) is 0 Å². The molecule has 5 nitrogen and oxygen atoms in total. The molecule has 0 aliphatic rings. The molecule has 7 heteroatoms. The van der Waals surface area contributed by atoms with Crippen molar-refractivity contribution >= 4 is 28.6 Å². The van der Waals surface area contributed by atoms with Gasteiger partial charge in [0.1, 0.15) is 10.8 Å². The average molecular weight is 319 g/mol. The molecule has 0 radical (unpaired) electrons. The van der Waals surface area contributed by atoms with E-state index in [1.54, 1.807) is 29.7 Å². The van der Waals surface area contributed by atoms with Gasteiger partial charge in [-0.3, -0.25) is 4.79 Å². The Kier molecular flexibility index (Phi) is 3.72. The molecule has 0 spiro atoms. The standard InChI is InChI=1S/C14H11ClN4OS/c15-13-6-10(16)9(7-17-13)8-19-14(20)4-3-11(18-19)12-2-1-5-21-12/h1-7H,8H2,(H2,16,17). The van der Waals surface area contributed by atoms with Crippen molar-refractivity contribution in [2.75, 3.05) is 5.73 Å². The third-order valence-corrected chi connectivity index (χ3v) is 4.05. The van der Waals surface area contributed by atoms with E-state index in [4.69, 9.17) is 17.3 Å². The number of hydrogen-bond donors (Lipinski definition) is 1. The minimum atomic E-state index is -0.190. The Morgan fingerprint density at radius 1 is 1.33 bits per heavy atom. The van der Waals surface area contributed by atoms with Gasteiger partial charge in [0.25, 0.3) is 5.56 Å². The predicted octanol–water partition coefficient (Wildman–Crippen LogP) is 2.65. The lowest BCUT2D eigenvalue weighted by molar-refractivity contribution is 0.643. The van der Waals surface area contributed by atoms with E-state index < -0.39 is 0 Å². The first kappa shape index (κ1) is 13.8. The normalized spacial score (nSPS) is 10.7. The fraction of sp³-hybridized carbons (Fsp3) is 0.0714. The monoisotopic (exact) mass is 318 g/mol. The van der Waals surface area contributed by atoms with E-state index >= 15 is 0 Å². The second-order valence-electron chi connectivity index (χ2n) is 4.40. The number of anilines is 1. The maximum Gasteiger partial charge on any atom is 0.267 e. The molecule has 3 rings (SSSR count). The molecule has 0 saturated heterocycles.